The van der Waals surface area contributed by atoms with E-state index in [1.165, 1.54) is 16.8 Å². The van der Waals surface area contributed by atoms with Gasteiger partial charge in [-0.2, -0.15) is 0 Å². The van der Waals surface area contributed by atoms with E-state index in [0.29, 0.717) is 6.54 Å². The number of carbonyl (C=O) groups is 1. The topological polar surface area (TPSA) is 97.4 Å². The molecule has 0 radical (unpaired) electrons. The summed E-state index contributed by atoms with van der Waals surface area (Å²) in [5, 5.41) is 22.2. The highest BCUT2D eigenvalue weighted by atomic mass is 19.1. The van der Waals surface area contributed by atoms with Gasteiger partial charge in [-0.05, 0) is 19.1 Å². The number of phenols is 1. The first kappa shape index (κ1) is 14.5. The van der Waals surface area contributed by atoms with E-state index in [-0.39, 0.29) is 17.1 Å². The summed E-state index contributed by atoms with van der Waals surface area (Å²) in [6, 6.07) is 4.53. The first-order chi connectivity index (χ1) is 9.92. The number of rotatable bonds is 4. The van der Waals surface area contributed by atoms with Crippen LogP contribution in [0.4, 0.5) is 15.8 Å². The van der Waals surface area contributed by atoms with E-state index in [4.69, 9.17) is 5.11 Å². The minimum Gasteiger partial charge on any atom is -0.505 e. The van der Waals surface area contributed by atoms with Gasteiger partial charge in [0.2, 0.25) is 0 Å². The standard InChI is InChI=1S/C13H12FN3O4/c1-2-16-7-9(17(20)21)6-11(16)13(19)15-8-3-4-12(18)10(14)5-8/h3-7,18H,2H2,1H3,(H,15,19). The summed E-state index contributed by atoms with van der Waals surface area (Å²) < 4.78 is 14.6. The monoisotopic (exact) mass is 293 g/mol. The Hall–Kier alpha value is -2.90. The summed E-state index contributed by atoms with van der Waals surface area (Å²) in [7, 11) is 0. The van der Waals surface area contributed by atoms with Crippen LogP contribution in [-0.4, -0.2) is 20.5 Å². The molecule has 2 rings (SSSR count). The fourth-order valence-corrected chi connectivity index (χ4v) is 1.83. The molecule has 0 aliphatic heterocycles. The van der Waals surface area contributed by atoms with Gasteiger partial charge in [-0.15, -0.1) is 0 Å². The molecule has 21 heavy (non-hydrogen) atoms. The lowest BCUT2D eigenvalue weighted by Crippen LogP contribution is -2.16. The van der Waals surface area contributed by atoms with Crippen LogP contribution < -0.4 is 5.32 Å². The molecule has 1 amide bonds. The third kappa shape index (κ3) is 2.99. The number of hydrogen-bond donors (Lipinski definition) is 2. The molecule has 0 aliphatic carbocycles. The zero-order chi connectivity index (χ0) is 15.6. The average molecular weight is 293 g/mol. The minimum absolute atomic E-state index is 0.0951. The summed E-state index contributed by atoms with van der Waals surface area (Å²) in [4.78, 5) is 22.2. The Balaban J connectivity index is 2.27. The molecule has 1 aromatic carbocycles. The van der Waals surface area contributed by atoms with E-state index >= 15 is 0 Å². The van der Waals surface area contributed by atoms with Crippen molar-refractivity contribution in [3.8, 4) is 5.75 Å². The number of aromatic nitrogens is 1. The van der Waals surface area contributed by atoms with Gasteiger partial charge >= 0.3 is 0 Å². The van der Waals surface area contributed by atoms with Crippen molar-refractivity contribution in [1.29, 1.82) is 0 Å². The van der Waals surface area contributed by atoms with Crippen molar-refractivity contribution < 1.29 is 19.2 Å². The van der Waals surface area contributed by atoms with Crippen LogP contribution in [-0.2, 0) is 6.54 Å². The van der Waals surface area contributed by atoms with Crippen molar-refractivity contribution in [3.63, 3.8) is 0 Å². The number of nitrogens with one attached hydrogen (secondary N) is 1. The van der Waals surface area contributed by atoms with Gasteiger partial charge in [-0.25, -0.2) is 4.39 Å². The SMILES string of the molecule is CCn1cc([N+](=O)[O-])cc1C(=O)Nc1ccc(O)c(F)c1. The summed E-state index contributed by atoms with van der Waals surface area (Å²) in [5.74, 6) is -2.00. The second-order valence-corrected chi connectivity index (χ2v) is 4.25. The molecule has 0 atom stereocenters. The molecule has 0 spiro atoms. The predicted molar refractivity (Wildman–Crippen MR) is 72.8 cm³/mol. The van der Waals surface area contributed by atoms with Crippen LogP contribution in [0.2, 0.25) is 0 Å². The molecule has 0 saturated carbocycles. The predicted octanol–water partition coefficient (Wildman–Crippen LogP) is 2.51. The van der Waals surface area contributed by atoms with Crippen LogP contribution in [0.15, 0.2) is 30.5 Å². The number of hydrogen-bond acceptors (Lipinski definition) is 4. The van der Waals surface area contributed by atoms with Crippen molar-refractivity contribution in [2.75, 3.05) is 5.32 Å². The molecular formula is C13H12FN3O4. The number of aromatic hydroxyl groups is 1. The molecule has 2 N–H and O–H groups in total. The van der Waals surface area contributed by atoms with E-state index in [1.807, 2.05) is 0 Å². The molecule has 0 unspecified atom stereocenters. The number of halogens is 1. The van der Waals surface area contributed by atoms with Crippen LogP contribution in [0.25, 0.3) is 0 Å². The number of phenolic OH excluding ortho intramolecular Hbond substituents is 1. The molecule has 0 saturated heterocycles. The zero-order valence-corrected chi connectivity index (χ0v) is 11.0. The summed E-state index contributed by atoms with van der Waals surface area (Å²) in [6.07, 6.45) is 1.26. The molecule has 110 valence electrons. The van der Waals surface area contributed by atoms with Gasteiger partial charge in [0.15, 0.2) is 11.6 Å². The first-order valence-corrected chi connectivity index (χ1v) is 6.06. The van der Waals surface area contributed by atoms with Crippen molar-refractivity contribution in [3.05, 3.63) is 52.1 Å². The van der Waals surface area contributed by atoms with Crippen LogP contribution in [0.3, 0.4) is 0 Å². The third-order valence-corrected chi connectivity index (χ3v) is 2.87. The summed E-state index contributed by atoms with van der Waals surface area (Å²) in [5.41, 5.74) is 0.0402. The number of aryl methyl sites for hydroxylation is 1. The quantitative estimate of drug-likeness (QED) is 0.514. The van der Waals surface area contributed by atoms with Crippen LogP contribution in [0, 0.1) is 15.9 Å². The average Bonchev–Trinajstić information content (AvgIpc) is 2.87. The molecule has 0 fully saturated rings. The number of nitrogens with zero attached hydrogens (tertiary/aromatic N) is 2. The minimum atomic E-state index is -0.871. The maximum Gasteiger partial charge on any atom is 0.287 e. The lowest BCUT2D eigenvalue weighted by atomic mass is 10.2. The van der Waals surface area contributed by atoms with Gasteiger partial charge in [0.25, 0.3) is 11.6 Å². The Labute approximate surface area is 118 Å². The first-order valence-electron chi connectivity index (χ1n) is 6.06. The molecule has 2 aromatic rings. The van der Waals surface area contributed by atoms with Gasteiger partial charge in [0.05, 0.1) is 11.1 Å². The normalized spacial score (nSPS) is 10.4. The molecule has 1 heterocycles. The van der Waals surface area contributed by atoms with E-state index in [2.05, 4.69) is 5.32 Å². The summed E-state index contributed by atoms with van der Waals surface area (Å²) >= 11 is 0. The van der Waals surface area contributed by atoms with E-state index < -0.39 is 22.4 Å². The number of anilines is 1. The van der Waals surface area contributed by atoms with Crippen molar-refractivity contribution in [2.24, 2.45) is 0 Å². The van der Waals surface area contributed by atoms with Crippen LogP contribution in [0.1, 0.15) is 17.4 Å². The summed E-state index contributed by atoms with van der Waals surface area (Å²) in [6.45, 7) is 2.11. The Bertz CT molecular complexity index is 711. The molecule has 8 heteroatoms. The lowest BCUT2D eigenvalue weighted by molar-refractivity contribution is -0.384. The Morgan fingerprint density at radius 2 is 2.19 bits per heavy atom. The number of carbonyl (C=O) groups excluding carboxylic acids is 1. The highest BCUT2D eigenvalue weighted by molar-refractivity contribution is 6.03. The number of amides is 1. The van der Waals surface area contributed by atoms with Gasteiger partial charge < -0.3 is 15.0 Å². The van der Waals surface area contributed by atoms with Crippen molar-refractivity contribution in [2.45, 2.75) is 13.5 Å². The van der Waals surface area contributed by atoms with Crippen molar-refractivity contribution >= 4 is 17.3 Å². The fraction of sp³-hybridized carbons (Fsp3) is 0.154. The van der Waals surface area contributed by atoms with E-state index in [0.717, 1.165) is 18.2 Å². The maximum absolute atomic E-state index is 13.2. The van der Waals surface area contributed by atoms with Crippen LogP contribution >= 0.6 is 0 Å². The Morgan fingerprint density at radius 1 is 1.48 bits per heavy atom. The lowest BCUT2D eigenvalue weighted by Gasteiger charge is -2.07. The molecule has 7 nitrogen and oxygen atoms in total. The highest BCUT2D eigenvalue weighted by Crippen LogP contribution is 2.21. The van der Waals surface area contributed by atoms with E-state index in [9.17, 15) is 19.3 Å². The second kappa shape index (κ2) is 5.61. The molecule has 1 aromatic heterocycles. The number of nitro groups is 1. The smallest absolute Gasteiger partial charge is 0.287 e. The highest BCUT2D eigenvalue weighted by Gasteiger charge is 2.19. The van der Waals surface area contributed by atoms with Crippen LogP contribution in [0.5, 0.6) is 5.75 Å². The molecule has 0 bridgehead atoms. The zero-order valence-electron chi connectivity index (χ0n) is 11.0. The third-order valence-electron chi connectivity index (χ3n) is 2.87. The van der Waals surface area contributed by atoms with Crippen molar-refractivity contribution in [1.82, 2.24) is 4.57 Å². The number of benzene rings is 1. The fourth-order valence-electron chi connectivity index (χ4n) is 1.83. The Kier molecular flexibility index (Phi) is 3.88. The molecular weight excluding hydrogens is 281 g/mol. The van der Waals surface area contributed by atoms with Gasteiger partial charge in [-0.3, -0.25) is 14.9 Å². The van der Waals surface area contributed by atoms with E-state index in [1.54, 1.807) is 6.92 Å². The Morgan fingerprint density at radius 3 is 2.76 bits per heavy atom. The maximum atomic E-state index is 13.2. The molecule has 0 aliphatic rings. The second-order valence-electron chi connectivity index (χ2n) is 4.25. The van der Waals surface area contributed by atoms with Gasteiger partial charge in [-0.1, -0.05) is 0 Å². The van der Waals surface area contributed by atoms with Gasteiger partial charge in [0, 0.05) is 24.4 Å². The van der Waals surface area contributed by atoms with Gasteiger partial charge in [0.1, 0.15) is 5.69 Å². The largest absolute Gasteiger partial charge is 0.505 e.